The van der Waals surface area contributed by atoms with Crippen LogP contribution in [0, 0.1) is 10.8 Å². The van der Waals surface area contributed by atoms with Crippen LogP contribution in [0.1, 0.15) is 56.2 Å². The van der Waals surface area contributed by atoms with Crippen LogP contribution in [-0.4, -0.2) is 39.6 Å². The van der Waals surface area contributed by atoms with Crippen LogP contribution in [-0.2, 0) is 26.6 Å². The van der Waals surface area contributed by atoms with Crippen molar-refractivity contribution in [2.45, 2.75) is 62.4 Å². The van der Waals surface area contributed by atoms with E-state index in [0.717, 1.165) is 19.3 Å². The number of fused-ring (bicyclic) bond motifs is 2. The molecule has 2 atom stereocenters. The van der Waals surface area contributed by atoms with Crippen molar-refractivity contribution in [2.75, 3.05) is 11.9 Å². The lowest BCUT2D eigenvalue weighted by Gasteiger charge is -2.39. The summed E-state index contributed by atoms with van der Waals surface area (Å²) < 4.78 is 61.3. The molecular weight excluding hydrogens is 538 g/mol. The Morgan fingerprint density at radius 1 is 0.949 bits per heavy atom. The number of furan rings is 1. The number of rotatable bonds is 8. The summed E-state index contributed by atoms with van der Waals surface area (Å²) in [5, 5.41) is 2.72. The minimum Gasteiger partial charge on any atom is -0.468 e. The van der Waals surface area contributed by atoms with Gasteiger partial charge >= 0.3 is 0 Å². The molecule has 9 nitrogen and oxygen atoms in total. The topological polar surface area (TPSA) is 126 Å². The first kappa shape index (κ1) is 27.6. The largest absolute Gasteiger partial charge is 0.468 e. The van der Waals surface area contributed by atoms with E-state index in [1.165, 1.54) is 54.8 Å². The van der Waals surface area contributed by atoms with Crippen LogP contribution in [0.15, 0.2) is 81.1 Å². The lowest BCUT2D eigenvalue weighted by Crippen LogP contribution is -2.37. The quantitative estimate of drug-likeness (QED) is 0.407. The molecule has 0 spiro atoms. The molecule has 11 heteroatoms. The Labute approximate surface area is 229 Å². The summed E-state index contributed by atoms with van der Waals surface area (Å²) in [4.78, 5) is 13.0. The summed E-state index contributed by atoms with van der Waals surface area (Å²) in [7, 11) is -7.45. The molecule has 208 valence electrons. The number of anilines is 1. The number of benzene rings is 2. The zero-order valence-corrected chi connectivity index (χ0v) is 23.8. The molecule has 2 aromatic carbocycles. The number of nitrogens with one attached hydrogen (secondary N) is 2. The molecule has 2 N–H and O–H groups in total. The van der Waals surface area contributed by atoms with Gasteiger partial charge in [-0.15, -0.1) is 0 Å². The van der Waals surface area contributed by atoms with E-state index in [2.05, 4.69) is 30.8 Å². The Balaban J connectivity index is 1.23. The normalized spacial score (nSPS) is 23.0. The second kappa shape index (κ2) is 9.88. The lowest BCUT2D eigenvalue weighted by atomic mass is 9.65. The van der Waals surface area contributed by atoms with Gasteiger partial charge in [0.05, 0.1) is 22.6 Å². The Hall–Kier alpha value is -2.99. The summed E-state index contributed by atoms with van der Waals surface area (Å²) in [5.41, 5.74) is 0.771. The van der Waals surface area contributed by atoms with E-state index in [1.54, 1.807) is 16.4 Å². The van der Waals surface area contributed by atoms with Gasteiger partial charge in [-0.2, -0.15) is 4.31 Å². The van der Waals surface area contributed by atoms with Crippen molar-refractivity contribution in [2.24, 2.45) is 10.8 Å². The SMILES string of the molecule is CC1(C)C[C@@H]2C[C@@](C)(CN2S(=O)(=O)c2ccc(C(=O)Nc3ccc(S(=O)(=O)NCc4ccco4)cc3)cc2)C1. The summed E-state index contributed by atoms with van der Waals surface area (Å²) in [5.74, 6) is 0.0551. The minimum atomic E-state index is -3.76. The van der Waals surface area contributed by atoms with E-state index >= 15 is 0 Å². The molecule has 2 fully saturated rings. The minimum absolute atomic E-state index is 0.0150. The van der Waals surface area contributed by atoms with Gasteiger partial charge in [-0.25, -0.2) is 21.6 Å². The highest BCUT2D eigenvalue weighted by atomic mass is 32.2. The maximum atomic E-state index is 13.5. The van der Waals surface area contributed by atoms with Crippen LogP contribution < -0.4 is 10.0 Å². The molecule has 1 aliphatic heterocycles. The maximum Gasteiger partial charge on any atom is 0.255 e. The van der Waals surface area contributed by atoms with E-state index in [4.69, 9.17) is 4.42 Å². The van der Waals surface area contributed by atoms with E-state index in [0.29, 0.717) is 23.6 Å². The van der Waals surface area contributed by atoms with Crippen LogP contribution in [0.3, 0.4) is 0 Å². The Bertz CT molecular complexity index is 1560. The van der Waals surface area contributed by atoms with Crippen LogP contribution >= 0.6 is 0 Å². The second-order valence-electron chi connectivity index (χ2n) is 11.7. The van der Waals surface area contributed by atoms with Gasteiger partial charge in [0, 0.05) is 23.8 Å². The summed E-state index contributed by atoms with van der Waals surface area (Å²) in [6.07, 6.45) is 4.17. The third-order valence-corrected chi connectivity index (χ3v) is 10.9. The number of hydrogen-bond donors (Lipinski definition) is 2. The third kappa shape index (κ3) is 5.81. The number of amides is 1. The molecule has 1 saturated carbocycles. The predicted molar refractivity (Wildman–Crippen MR) is 147 cm³/mol. The van der Waals surface area contributed by atoms with E-state index in [9.17, 15) is 21.6 Å². The lowest BCUT2D eigenvalue weighted by molar-refractivity contribution is 0.102. The van der Waals surface area contributed by atoms with Crippen LogP contribution in [0.2, 0.25) is 0 Å². The highest BCUT2D eigenvalue weighted by molar-refractivity contribution is 7.89. The fraction of sp³-hybridized carbons (Fsp3) is 0.393. The van der Waals surface area contributed by atoms with Crippen LogP contribution in [0.4, 0.5) is 5.69 Å². The first-order valence-electron chi connectivity index (χ1n) is 12.8. The van der Waals surface area contributed by atoms with E-state index < -0.39 is 26.0 Å². The molecular formula is C28H33N3O6S2. The molecule has 0 radical (unpaired) electrons. The van der Waals surface area contributed by atoms with Gasteiger partial charge < -0.3 is 9.73 Å². The monoisotopic (exact) mass is 571 g/mol. The molecule has 1 amide bonds. The average molecular weight is 572 g/mol. The van der Waals surface area contributed by atoms with Gasteiger partial charge in [-0.1, -0.05) is 20.8 Å². The van der Waals surface area contributed by atoms with Crippen molar-refractivity contribution >= 4 is 31.6 Å². The first-order valence-corrected chi connectivity index (χ1v) is 15.7. The molecule has 1 aromatic heterocycles. The molecule has 0 unspecified atom stereocenters. The third-order valence-electron chi connectivity index (χ3n) is 7.53. The van der Waals surface area contributed by atoms with Gasteiger partial charge in [0.1, 0.15) is 5.76 Å². The predicted octanol–water partition coefficient (Wildman–Crippen LogP) is 4.60. The van der Waals surface area contributed by atoms with Gasteiger partial charge in [-0.05, 0) is 90.8 Å². The number of nitrogens with zero attached hydrogens (tertiary/aromatic N) is 1. The summed E-state index contributed by atoms with van der Waals surface area (Å²) in [6, 6.07) is 15.0. The van der Waals surface area contributed by atoms with Crippen molar-refractivity contribution in [3.8, 4) is 0 Å². The van der Waals surface area contributed by atoms with Crippen molar-refractivity contribution in [3.63, 3.8) is 0 Å². The van der Waals surface area contributed by atoms with E-state index in [-0.39, 0.29) is 33.2 Å². The number of carbonyl (C=O) groups is 1. The van der Waals surface area contributed by atoms with Crippen molar-refractivity contribution in [1.82, 2.24) is 9.03 Å². The van der Waals surface area contributed by atoms with Gasteiger partial charge in [0.2, 0.25) is 20.0 Å². The van der Waals surface area contributed by atoms with Gasteiger partial charge in [0.15, 0.2) is 0 Å². The smallest absolute Gasteiger partial charge is 0.255 e. The number of sulfonamides is 2. The van der Waals surface area contributed by atoms with E-state index in [1.807, 2.05) is 0 Å². The molecule has 5 rings (SSSR count). The molecule has 1 aliphatic carbocycles. The van der Waals surface area contributed by atoms with Crippen molar-refractivity contribution < 1.29 is 26.0 Å². The molecule has 39 heavy (non-hydrogen) atoms. The zero-order valence-electron chi connectivity index (χ0n) is 22.2. The van der Waals surface area contributed by atoms with Crippen molar-refractivity contribution in [3.05, 3.63) is 78.3 Å². The van der Waals surface area contributed by atoms with Gasteiger partial charge in [0.25, 0.3) is 5.91 Å². The Kier molecular flexibility index (Phi) is 6.99. The maximum absolute atomic E-state index is 13.5. The van der Waals surface area contributed by atoms with Crippen LogP contribution in [0.25, 0.3) is 0 Å². The fourth-order valence-corrected chi connectivity index (χ4v) is 8.95. The molecule has 2 heterocycles. The number of carbonyl (C=O) groups excluding carboxylic acids is 1. The molecule has 3 aromatic rings. The number of hydrogen-bond acceptors (Lipinski definition) is 6. The fourth-order valence-electron chi connectivity index (χ4n) is 6.19. The average Bonchev–Trinajstić information content (AvgIpc) is 3.48. The summed E-state index contributed by atoms with van der Waals surface area (Å²) >= 11 is 0. The van der Waals surface area contributed by atoms with Gasteiger partial charge in [-0.3, -0.25) is 4.79 Å². The standard InChI is InChI=1S/C28H33N3O6S2/c1-27(2)15-22-16-28(3,18-27)19-31(22)39(35,36)25-10-6-20(7-11-25)26(32)30-21-8-12-24(13-9-21)38(33,34)29-17-23-5-4-14-37-23/h4-14,22,29H,15-19H2,1-3H3,(H,30,32)/t22-,28-/m1/s1. The first-order chi connectivity index (χ1) is 18.3. The Morgan fingerprint density at radius 2 is 1.62 bits per heavy atom. The zero-order chi connectivity index (χ0) is 28.1. The second-order valence-corrected chi connectivity index (χ2v) is 15.3. The molecule has 2 bridgehead atoms. The molecule has 2 aliphatic rings. The Morgan fingerprint density at radius 3 is 2.26 bits per heavy atom. The molecule has 1 saturated heterocycles. The highest BCUT2D eigenvalue weighted by Gasteiger charge is 2.53. The van der Waals surface area contributed by atoms with Crippen molar-refractivity contribution in [1.29, 1.82) is 0 Å². The van der Waals surface area contributed by atoms with Crippen LogP contribution in [0.5, 0.6) is 0 Å². The summed E-state index contributed by atoms with van der Waals surface area (Å²) in [6.45, 7) is 7.11. The highest BCUT2D eigenvalue weighted by Crippen LogP contribution is 2.53.